The van der Waals surface area contributed by atoms with Gasteiger partial charge < -0.3 is 10.1 Å². The number of rotatable bonds is 10. The number of amides is 1. The lowest BCUT2D eigenvalue weighted by Crippen LogP contribution is -2.42. The van der Waals surface area contributed by atoms with Crippen LogP contribution in [-0.4, -0.2) is 28.0 Å². The molecule has 34 heavy (non-hydrogen) atoms. The zero-order valence-electron chi connectivity index (χ0n) is 20.1. The normalized spacial score (nSPS) is 12.3. The standard InChI is InChI=1S/C27H32N2O4S/c1-20(2)17-25(22-11-7-5-8-12-22)28-27(30)19-29(23-13-9-6-10-14-23)34(31,32)24-15-16-26(33-4)21(3)18-24/h5-16,18,20,25H,17,19H2,1-4H3,(H,28,30). The first-order valence-corrected chi connectivity index (χ1v) is 12.7. The Morgan fingerprint density at radius 2 is 1.59 bits per heavy atom. The lowest BCUT2D eigenvalue weighted by Gasteiger charge is -2.27. The SMILES string of the molecule is COc1ccc(S(=O)(=O)N(CC(=O)NC(CC(C)C)c2ccccc2)c2ccccc2)cc1C. The summed E-state index contributed by atoms with van der Waals surface area (Å²) < 4.78 is 33.7. The fourth-order valence-corrected chi connectivity index (χ4v) is 5.36. The van der Waals surface area contributed by atoms with Gasteiger partial charge in [-0.2, -0.15) is 0 Å². The number of nitrogens with zero attached hydrogens (tertiary/aromatic N) is 1. The van der Waals surface area contributed by atoms with Gasteiger partial charge in [-0.05, 0) is 60.7 Å². The monoisotopic (exact) mass is 480 g/mol. The maximum absolute atomic E-state index is 13.7. The summed E-state index contributed by atoms with van der Waals surface area (Å²) in [5.74, 6) is 0.580. The maximum Gasteiger partial charge on any atom is 0.264 e. The first kappa shape index (κ1) is 25.3. The number of sulfonamides is 1. The number of carbonyl (C=O) groups excluding carboxylic acids is 1. The highest BCUT2D eigenvalue weighted by molar-refractivity contribution is 7.92. The number of nitrogens with one attached hydrogen (secondary N) is 1. The van der Waals surface area contributed by atoms with E-state index < -0.39 is 10.0 Å². The Hall–Kier alpha value is -3.32. The highest BCUT2D eigenvalue weighted by Crippen LogP contribution is 2.28. The van der Waals surface area contributed by atoms with Gasteiger partial charge in [0.15, 0.2) is 0 Å². The number of ether oxygens (including phenoxy) is 1. The lowest BCUT2D eigenvalue weighted by molar-refractivity contribution is -0.120. The molecule has 3 aromatic rings. The molecule has 0 aliphatic rings. The molecular weight excluding hydrogens is 448 g/mol. The number of benzene rings is 3. The van der Waals surface area contributed by atoms with E-state index in [4.69, 9.17) is 4.74 Å². The number of anilines is 1. The second-order valence-corrected chi connectivity index (χ2v) is 10.5. The molecule has 1 unspecified atom stereocenters. The van der Waals surface area contributed by atoms with Crippen molar-refractivity contribution in [2.75, 3.05) is 18.0 Å². The Bertz CT molecular complexity index is 1200. The number of hydrogen-bond donors (Lipinski definition) is 1. The summed E-state index contributed by atoms with van der Waals surface area (Å²) >= 11 is 0. The molecule has 6 nitrogen and oxygen atoms in total. The largest absolute Gasteiger partial charge is 0.496 e. The fraction of sp³-hybridized carbons (Fsp3) is 0.296. The molecule has 1 amide bonds. The zero-order chi connectivity index (χ0) is 24.7. The summed E-state index contributed by atoms with van der Waals surface area (Å²) in [6, 6.07) is 22.9. The molecule has 0 heterocycles. The number of hydrogen-bond acceptors (Lipinski definition) is 4. The molecule has 0 fully saturated rings. The molecule has 0 aromatic heterocycles. The second kappa shape index (κ2) is 11.2. The van der Waals surface area contributed by atoms with Crippen LogP contribution < -0.4 is 14.4 Å². The molecule has 1 N–H and O–H groups in total. The van der Waals surface area contributed by atoms with E-state index in [0.29, 0.717) is 22.9 Å². The number of para-hydroxylation sites is 1. The number of methoxy groups -OCH3 is 1. The molecule has 3 aromatic carbocycles. The van der Waals surface area contributed by atoms with Crippen molar-refractivity contribution in [3.63, 3.8) is 0 Å². The van der Waals surface area contributed by atoms with Crippen LogP contribution in [0.15, 0.2) is 83.8 Å². The van der Waals surface area contributed by atoms with Crippen molar-refractivity contribution >= 4 is 21.6 Å². The van der Waals surface area contributed by atoms with Crippen molar-refractivity contribution in [3.05, 3.63) is 90.0 Å². The molecule has 0 bridgehead atoms. The van der Waals surface area contributed by atoms with E-state index in [9.17, 15) is 13.2 Å². The van der Waals surface area contributed by atoms with E-state index >= 15 is 0 Å². The molecular formula is C27H32N2O4S. The molecule has 0 spiro atoms. The third-order valence-corrected chi connectivity index (χ3v) is 7.30. The van der Waals surface area contributed by atoms with Crippen LogP contribution in [0.5, 0.6) is 5.75 Å². The van der Waals surface area contributed by atoms with Crippen molar-refractivity contribution in [1.82, 2.24) is 5.32 Å². The van der Waals surface area contributed by atoms with E-state index in [1.165, 1.54) is 13.2 Å². The molecule has 0 radical (unpaired) electrons. The van der Waals surface area contributed by atoms with Crippen LogP contribution in [0.4, 0.5) is 5.69 Å². The Balaban J connectivity index is 1.92. The van der Waals surface area contributed by atoms with E-state index in [0.717, 1.165) is 16.3 Å². The summed E-state index contributed by atoms with van der Waals surface area (Å²) in [5, 5.41) is 3.05. The van der Waals surface area contributed by atoms with E-state index in [2.05, 4.69) is 19.2 Å². The topological polar surface area (TPSA) is 75.7 Å². The molecule has 0 aliphatic heterocycles. The Kier molecular flexibility index (Phi) is 8.34. The summed E-state index contributed by atoms with van der Waals surface area (Å²) in [6.07, 6.45) is 0.742. The molecule has 7 heteroatoms. The molecule has 0 saturated carbocycles. The predicted octanol–water partition coefficient (Wildman–Crippen LogP) is 5.10. The van der Waals surface area contributed by atoms with Crippen LogP contribution in [0.1, 0.15) is 37.4 Å². The van der Waals surface area contributed by atoms with Gasteiger partial charge in [-0.25, -0.2) is 8.42 Å². The van der Waals surface area contributed by atoms with Gasteiger partial charge in [0.2, 0.25) is 5.91 Å². The van der Waals surface area contributed by atoms with Crippen LogP contribution in [0.2, 0.25) is 0 Å². The Morgan fingerprint density at radius 1 is 0.971 bits per heavy atom. The summed E-state index contributed by atoms with van der Waals surface area (Å²) in [7, 11) is -2.46. The Morgan fingerprint density at radius 3 is 2.15 bits per heavy atom. The average molecular weight is 481 g/mol. The van der Waals surface area contributed by atoms with Crippen molar-refractivity contribution in [3.8, 4) is 5.75 Å². The summed E-state index contributed by atoms with van der Waals surface area (Å²) in [4.78, 5) is 13.3. The minimum atomic E-state index is -4.00. The molecule has 3 rings (SSSR count). The van der Waals surface area contributed by atoms with Crippen molar-refractivity contribution in [1.29, 1.82) is 0 Å². The number of carbonyl (C=O) groups is 1. The molecule has 0 saturated heterocycles. The van der Waals surface area contributed by atoms with Gasteiger partial charge in [-0.1, -0.05) is 62.4 Å². The van der Waals surface area contributed by atoms with Gasteiger partial charge in [-0.15, -0.1) is 0 Å². The third-order valence-electron chi connectivity index (χ3n) is 5.53. The van der Waals surface area contributed by atoms with Crippen LogP contribution in [-0.2, 0) is 14.8 Å². The summed E-state index contributed by atoms with van der Waals surface area (Å²) in [5.41, 5.74) is 2.11. The van der Waals surface area contributed by atoms with Crippen LogP contribution in [0.25, 0.3) is 0 Å². The summed E-state index contributed by atoms with van der Waals surface area (Å²) in [6.45, 7) is 5.64. The van der Waals surface area contributed by atoms with Gasteiger partial charge in [-0.3, -0.25) is 9.10 Å². The average Bonchev–Trinajstić information content (AvgIpc) is 2.82. The Labute approximate surface area is 202 Å². The van der Waals surface area contributed by atoms with Gasteiger partial charge in [0.05, 0.1) is 23.7 Å². The quantitative estimate of drug-likeness (QED) is 0.438. The predicted molar refractivity (Wildman–Crippen MR) is 135 cm³/mol. The van der Waals surface area contributed by atoms with Gasteiger partial charge >= 0.3 is 0 Å². The molecule has 0 aliphatic carbocycles. The van der Waals surface area contributed by atoms with Gasteiger partial charge in [0, 0.05) is 0 Å². The molecule has 180 valence electrons. The lowest BCUT2D eigenvalue weighted by atomic mass is 9.97. The molecule has 1 atom stereocenters. The van der Waals surface area contributed by atoms with E-state index in [-0.39, 0.29) is 23.4 Å². The fourth-order valence-electron chi connectivity index (χ4n) is 3.85. The number of aryl methyl sites for hydroxylation is 1. The second-order valence-electron chi connectivity index (χ2n) is 8.64. The first-order chi connectivity index (χ1) is 16.2. The zero-order valence-corrected chi connectivity index (χ0v) is 20.9. The third kappa shape index (κ3) is 6.17. The highest BCUT2D eigenvalue weighted by atomic mass is 32.2. The smallest absolute Gasteiger partial charge is 0.264 e. The van der Waals surface area contributed by atoms with Crippen LogP contribution in [0.3, 0.4) is 0 Å². The van der Waals surface area contributed by atoms with Crippen molar-refractivity contribution in [2.45, 2.75) is 38.1 Å². The first-order valence-electron chi connectivity index (χ1n) is 11.3. The minimum Gasteiger partial charge on any atom is -0.496 e. The maximum atomic E-state index is 13.7. The minimum absolute atomic E-state index is 0.101. The van der Waals surface area contributed by atoms with E-state index in [1.54, 1.807) is 49.4 Å². The van der Waals surface area contributed by atoms with E-state index in [1.807, 2.05) is 30.3 Å². The van der Waals surface area contributed by atoms with Gasteiger partial charge in [0.25, 0.3) is 10.0 Å². The van der Waals surface area contributed by atoms with Crippen molar-refractivity contribution in [2.24, 2.45) is 5.92 Å². The van der Waals surface area contributed by atoms with Gasteiger partial charge in [0.1, 0.15) is 12.3 Å². The highest BCUT2D eigenvalue weighted by Gasteiger charge is 2.28. The van der Waals surface area contributed by atoms with Crippen LogP contribution >= 0.6 is 0 Å². The van der Waals surface area contributed by atoms with Crippen LogP contribution in [0, 0.1) is 12.8 Å². The van der Waals surface area contributed by atoms with Crippen molar-refractivity contribution < 1.29 is 17.9 Å².